The number of phenols is 2. The van der Waals surface area contributed by atoms with E-state index in [9.17, 15) is 19.8 Å². The van der Waals surface area contributed by atoms with Gasteiger partial charge in [0, 0.05) is 6.07 Å². The van der Waals surface area contributed by atoms with Crippen LogP contribution >= 0.6 is 0 Å². The smallest absolute Gasteiger partial charge is 0.343 e. The Labute approximate surface area is 178 Å². The number of phenolic OH excluding ortho intramolecular Hbond substituents is 2. The Morgan fingerprint density at radius 1 is 0.968 bits per heavy atom. The first-order chi connectivity index (χ1) is 15.0. The fraction of sp³-hybridized carbons (Fsp3) is 0.0870. The molecule has 0 aliphatic rings. The molecule has 1 amide bonds. The molecule has 0 spiro atoms. The Balaban J connectivity index is 1.55. The Hall–Kier alpha value is -4.33. The van der Waals surface area contributed by atoms with Crippen LogP contribution in [0.15, 0.2) is 71.8 Å². The lowest BCUT2D eigenvalue weighted by molar-refractivity contribution is 0.0734. The first-order valence-electron chi connectivity index (χ1n) is 9.36. The minimum Gasteiger partial charge on any atom is -0.508 e. The molecule has 3 aromatic rings. The molecule has 0 unspecified atom stereocenters. The Kier molecular flexibility index (Phi) is 6.85. The number of aromatic hydroxyl groups is 2. The van der Waals surface area contributed by atoms with Crippen molar-refractivity contribution in [1.29, 1.82) is 0 Å². The molecule has 8 nitrogen and oxygen atoms in total. The van der Waals surface area contributed by atoms with Crippen molar-refractivity contribution >= 4 is 18.1 Å². The van der Waals surface area contributed by atoms with Gasteiger partial charge in [-0.2, -0.15) is 5.10 Å². The summed E-state index contributed by atoms with van der Waals surface area (Å²) in [6.45, 7) is 2.42. The van der Waals surface area contributed by atoms with E-state index in [0.29, 0.717) is 29.2 Å². The number of carbonyl (C=O) groups excluding carboxylic acids is 2. The molecule has 3 rings (SSSR count). The predicted octanol–water partition coefficient (Wildman–Crippen LogP) is 3.48. The van der Waals surface area contributed by atoms with Crippen LogP contribution in [0, 0.1) is 0 Å². The number of carbonyl (C=O) groups is 2. The van der Waals surface area contributed by atoms with Crippen molar-refractivity contribution in [2.75, 3.05) is 6.61 Å². The number of ether oxygens (including phenoxy) is 2. The number of amides is 1. The van der Waals surface area contributed by atoms with Gasteiger partial charge in [0.05, 0.1) is 23.9 Å². The molecule has 0 radical (unpaired) electrons. The number of hydrogen-bond acceptors (Lipinski definition) is 7. The summed E-state index contributed by atoms with van der Waals surface area (Å²) in [5.41, 5.74) is 3.31. The van der Waals surface area contributed by atoms with Crippen molar-refractivity contribution in [1.82, 2.24) is 5.43 Å². The first kappa shape index (κ1) is 21.4. The summed E-state index contributed by atoms with van der Waals surface area (Å²) in [6.07, 6.45) is 1.40. The van der Waals surface area contributed by atoms with E-state index in [1.54, 1.807) is 48.5 Å². The van der Waals surface area contributed by atoms with E-state index >= 15 is 0 Å². The highest BCUT2D eigenvalue weighted by Crippen LogP contribution is 2.22. The SMILES string of the molecule is CCOc1ccc(C(=O)Oc2ccc(C=NNC(=O)c3ccc(O)cc3O)cc2)cc1. The molecule has 158 valence electrons. The maximum Gasteiger partial charge on any atom is 0.343 e. The number of nitrogens with zero attached hydrogens (tertiary/aromatic N) is 1. The fourth-order valence-electron chi connectivity index (χ4n) is 2.58. The van der Waals surface area contributed by atoms with Crippen LogP contribution in [0.5, 0.6) is 23.0 Å². The van der Waals surface area contributed by atoms with E-state index in [1.807, 2.05) is 6.92 Å². The molecule has 0 saturated heterocycles. The van der Waals surface area contributed by atoms with Crippen molar-refractivity contribution in [2.45, 2.75) is 6.92 Å². The topological polar surface area (TPSA) is 117 Å². The maximum atomic E-state index is 12.2. The summed E-state index contributed by atoms with van der Waals surface area (Å²) >= 11 is 0. The molecule has 0 saturated carbocycles. The summed E-state index contributed by atoms with van der Waals surface area (Å²) in [5.74, 6) is -0.600. The van der Waals surface area contributed by atoms with Gasteiger partial charge in [-0.1, -0.05) is 0 Å². The number of hydrazone groups is 1. The summed E-state index contributed by atoms with van der Waals surface area (Å²) in [6, 6.07) is 16.8. The molecular weight excluding hydrogens is 400 g/mol. The number of hydrogen-bond donors (Lipinski definition) is 3. The van der Waals surface area contributed by atoms with Gasteiger partial charge < -0.3 is 19.7 Å². The Bertz CT molecular complexity index is 1090. The minimum absolute atomic E-state index is 0.0218. The lowest BCUT2D eigenvalue weighted by Crippen LogP contribution is -2.17. The summed E-state index contributed by atoms with van der Waals surface area (Å²) in [4.78, 5) is 24.2. The van der Waals surface area contributed by atoms with Crippen molar-refractivity contribution in [3.8, 4) is 23.0 Å². The Morgan fingerprint density at radius 3 is 2.29 bits per heavy atom. The lowest BCUT2D eigenvalue weighted by atomic mass is 10.2. The van der Waals surface area contributed by atoms with E-state index in [2.05, 4.69) is 10.5 Å². The molecule has 0 aromatic heterocycles. The molecule has 3 N–H and O–H groups in total. The van der Waals surface area contributed by atoms with Gasteiger partial charge in [-0.25, -0.2) is 10.2 Å². The van der Waals surface area contributed by atoms with E-state index in [4.69, 9.17) is 9.47 Å². The van der Waals surface area contributed by atoms with Crippen LogP contribution in [0.2, 0.25) is 0 Å². The van der Waals surface area contributed by atoms with Crippen LogP contribution in [0.4, 0.5) is 0 Å². The van der Waals surface area contributed by atoms with E-state index in [0.717, 1.165) is 6.07 Å². The van der Waals surface area contributed by atoms with Crippen molar-refractivity contribution in [3.63, 3.8) is 0 Å². The third-order valence-corrected chi connectivity index (χ3v) is 4.10. The number of benzene rings is 3. The Morgan fingerprint density at radius 2 is 1.65 bits per heavy atom. The molecule has 0 aliphatic heterocycles. The summed E-state index contributed by atoms with van der Waals surface area (Å²) in [5, 5.41) is 22.8. The van der Waals surface area contributed by atoms with Crippen LogP contribution in [-0.2, 0) is 0 Å². The van der Waals surface area contributed by atoms with Gasteiger partial charge in [0.1, 0.15) is 23.0 Å². The zero-order valence-corrected chi connectivity index (χ0v) is 16.6. The second-order valence-electron chi connectivity index (χ2n) is 6.32. The van der Waals surface area contributed by atoms with Crippen LogP contribution in [0.25, 0.3) is 0 Å². The average molecular weight is 420 g/mol. The van der Waals surface area contributed by atoms with E-state index < -0.39 is 11.9 Å². The number of rotatable bonds is 7. The van der Waals surface area contributed by atoms with Crippen LogP contribution < -0.4 is 14.9 Å². The third kappa shape index (κ3) is 5.83. The average Bonchev–Trinajstić information content (AvgIpc) is 2.75. The van der Waals surface area contributed by atoms with Gasteiger partial charge in [-0.15, -0.1) is 0 Å². The van der Waals surface area contributed by atoms with Crippen molar-refractivity contribution < 1.29 is 29.3 Å². The van der Waals surface area contributed by atoms with Crippen LogP contribution in [-0.4, -0.2) is 34.9 Å². The maximum absolute atomic E-state index is 12.2. The van der Waals surface area contributed by atoms with Crippen LogP contribution in [0.1, 0.15) is 33.2 Å². The quantitative estimate of drug-likeness (QED) is 0.233. The van der Waals surface area contributed by atoms with Gasteiger partial charge in [-0.3, -0.25) is 4.79 Å². The second kappa shape index (κ2) is 9.93. The van der Waals surface area contributed by atoms with E-state index in [-0.39, 0.29) is 17.1 Å². The first-order valence-corrected chi connectivity index (χ1v) is 9.36. The molecule has 0 bridgehead atoms. The zero-order chi connectivity index (χ0) is 22.2. The molecule has 0 aliphatic carbocycles. The van der Waals surface area contributed by atoms with Gasteiger partial charge in [-0.05, 0) is 73.2 Å². The zero-order valence-electron chi connectivity index (χ0n) is 16.6. The van der Waals surface area contributed by atoms with Crippen molar-refractivity contribution in [3.05, 3.63) is 83.4 Å². The molecule has 0 heterocycles. The molecule has 3 aromatic carbocycles. The second-order valence-corrected chi connectivity index (χ2v) is 6.32. The highest BCUT2D eigenvalue weighted by Gasteiger charge is 2.11. The fourth-order valence-corrected chi connectivity index (χ4v) is 2.58. The van der Waals surface area contributed by atoms with Gasteiger partial charge in [0.25, 0.3) is 5.91 Å². The summed E-state index contributed by atoms with van der Waals surface area (Å²) < 4.78 is 10.7. The molecule has 31 heavy (non-hydrogen) atoms. The lowest BCUT2D eigenvalue weighted by Gasteiger charge is -2.06. The van der Waals surface area contributed by atoms with Crippen molar-refractivity contribution in [2.24, 2.45) is 5.10 Å². The minimum atomic E-state index is -0.630. The molecular formula is C23H20N2O6. The van der Waals surface area contributed by atoms with Gasteiger partial charge in [0.2, 0.25) is 0 Å². The van der Waals surface area contributed by atoms with Crippen LogP contribution in [0.3, 0.4) is 0 Å². The summed E-state index contributed by atoms with van der Waals surface area (Å²) in [7, 11) is 0. The predicted molar refractivity (Wildman–Crippen MR) is 114 cm³/mol. The van der Waals surface area contributed by atoms with E-state index in [1.165, 1.54) is 18.3 Å². The highest BCUT2D eigenvalue weighted by molar-refractivity contribution is 5.97. The normalized spacial score (nSPS) is 10.6. The highest BCUT2D eigenvalue weighted by atomic mass is 16.5. The third-order valence-electron chi connectivity index (χ3n) is 4.10. The molecule has 0 fully saturated rings. The number of nitrogens with one attached hydrogen (secondary N) is 1. The number of esters is 1. The van der Waals surface area contributed by atoms with Gasteiger partial charge >= 0.3 is 5.97 Å². The van der Waals surface area contributed by atoms with Gasteiger partial charge in [0.15, 0.2) is 0 Å². The monoisotopic (exact) mass is 420 g/mol. The molecule has 8 heteroatoms. The largest absolute Gasteiger partial charge is 0.508 e. The molecule has 0 atom stereocenters. The standard InChI is InChI=1S/C23H20N2O6/c1-2-30-18-10-5-16(6-11-18)23(29)31-19-8-3-15(4-9-19)14-24-25-22(28)20-12-7-17(26)13-21(20)27/h3-14,26-27H,2H2,1H3,(H,25,28).